The van der Waals surface area contributed by atoms with Gasteiger partial charge < -0.3 is 0 Å². The van der Waals surface area contributed by atoms with Crippen molar-refractivity contribution in [1.82, 2.24) is 0 Å². The summed E-state index contributed by atoms with van der Waals surface area (Å²) in [6.45, 7) is 3.90. The summed E-state index contributed by atoms with van der Waals surface area (Å²) in [6.07, 6.45) is 0. The number of alkyl halides is 1. The fraction of sp³-hybridized carbons (Fsp3) is 0.250. The molecule has 0 atom stereocenters. The van der Waals surface area contributed by atoms with Gasteiger partial charge in [0.2, 0.25) is 0 Å². The van der Waals surface area contributed by atoms with Gasteiger partial charge in [0.05, 0.1) is 17.5 Å². The van der Waals surface area contributed by atoms with E-state index in [1.165, 1.54) is 0 Å². The van der Waals surface area contributed by atoms with Gasteiger partial charge in [0.15, 0.2) is 0 Å². The fourth-order valence-corrected chi connectivity index (χ4v) is 1.41. The summed E-state index contributed by atoms with van der Waals surface area (Å²) in [5.74, 6) is 6.14. The molecule has 1 nitrogen and oxygen atoms in total. The van der Waals surface area contributed by atoms with Crippen LogP contribution in [0.3, 0.4) is 0 Å². The normalized spacial score (nSPS) is 8.71. The Balaban J connectivity index is 3.27. The molecule has 0 spiro atoms. The van der Waals surface area contributed by atoms with E-state index in [0.29, 0.717) is 11.4 Å². The third-order valence-corrected chi connectivity index (χ3v) is 2.08. The number of nitriles is 1. The van der Waals surface area contributed by atoms with Crippen molar-refractivity contribution in [2.45, 2.75) is 13.8 Å². The molecule has 0 fully saturated rings. The summed E-state index contributed by atoms with van der Waals surface area (Å²) in [4.78, 5) is 0. The maximum Gasteiger partial charge on any atom is 0.0991 e. The van der Waals surface area contributed by atoms with Crippen molar-refractivity contribution in [2.75, 3.05) is 5.88 Å². The van der Waals surface area contributed by atoms with Gasteiger partial charge in [0, 0.05) is 5.56 Å². The monoisotopic (exact) mass is 203 g/mol. The zero-order valence-electron chi connectivity index (χ0n) is 8.19. The second-order valence-corrected chi connectivity index (χ2v) is 3.30. The van der Waals surface area contributed by atoms with Crippen LogP contribution in [0, 0.1) is 37.0 Å². The van der Waals surface area contributed by atoms with E-state index < -0.39 is 0 Å². The highest BCUT2D eigenvalue weighted by Crippen LogP contribution is 2.14. The van der Waals surface area contributed by atoms with Crippen LogP contribution in [0.5, 0.6) is 0 Å². The van der Waals surface area contributed by atoms with Gasteiger partial charge in [0.1, 0.15) is 0 Å². The van der Waals surface area contributed by atoms with Gasteiger partial charge in [-0.25, -0.2) is 0 Å². The first-order chi connectivity index (χ1) is 6.69. The molecule has 70 valence electrons. The summed E-state index contributed by atoms with van der Waals surface area (Å²) < 4.78 is 0. The molecular formula is C12H10ClN. The Labute approximate surface area is 89.3 Å². The summed E-state index contributed by atoms with van der Waals surface area (Å²) in [7, 11) is 0. The van der Waals surface area contributed by atoms with Gasteiger partial charge in [-0.05, 0) is 37.1 Å². The van der Waals surface area contributed by atoms with Crippen LogP contribution in [0.1, 0.15) is 22.3 Å². The van der Waals surface area contributed by atoms with Gasteiger partial charge in [-0.1, -0.05) is 11.8 Å². The lowest BCUT2D eigenvalue weighted by molar-refractivity contribution is 1.32. The SMILES string of the molecule is Cc1cc(C#N)cc(C)c1C#CCCl. The third-order valence-electron chi connectivity index (χ3n) is 1.94. The van der Waals surface area contributed by atoms with Crippen LogP contribution < -0.4 is 0 Å². The molecule has 0 aliphatic rings. The number of benzene rings is 1. The largest absolute Gasteiger partial charge is 0.192 e. The van der Waals surface area contributed by atoms with E-state index in [0.717, 1.165) is 16.7 Å². The molecule has 0 heterocycles. The van der Waals surface area contributed by atoms with E-state index in [9.17, 15) is 0 Å². The number of hydrogen-bond acceptors (Lipinski definition) is 1. The smallest absolute Gasteiger partial charge is 0.0991 e. The Bertz CT molecular complexity index is 421. The van der Waals surface area contributed by atoms with Crippen LogP contribution in [-0.2, 0) is 0 Å². The third kappa shape index (κ3) is 2.28. The number of nitrogens with zero attached hydrogens (tertiary/aromatic N) is 1. The van der Waals surface area contributed by atoms with Crippen molar-refractivity contribution < 1.29 is 0 Å². The predicted octanol–water partition coefficient (Wildman–Crippen LogP) is 2.77. The van der Waals surface area contributed by atoms with E-state index >= 15 is 0 Å². The zero-order chi connectivity index (χ0) is 10.6. The van der Waals surface area contributed by atoms with Crippen LogP contribution >= 0.6 is 11.6 Å². The Morgan fingerprint density at radius 3 is 2.29 bits per heavy atom. The minimum Gasteiger partial charge on any atom is -0.192 e. The average molecular weight is 204 g/mol. The first-order valence-corrected chi connectivity index (χ1v) is 4.78. The van der Waals surface area contributed by atoms with Gasteiger partial charge in [0.25, 0.3) is 0 Å². The molecule has 1 aromatic rings. The van der Waals surface area contributed by atoms with Crippen molar-refractivity contribution >= 4 is 11.6 Å². The lowest BCUT2D eigenvalue weighted by atomic mass is 10.0. The molecule has 0 amide bonds. The Hall–Kier alpha value is -1.44. The van der Waals surface area contributed by atoms with Gasteiger partial charge in [-0.2, -0.15) is 5.26 Å². The van der Waals surface area contributed by atoms with E-state index in [2.05, 4.69) is 17.9 Å². The Morgan fingerprint density at radius 2 is 1.86 bits per heavy atom. The van der Waals surface area contributed by atoms with Crippen LogP contribution in [0.15, 0.2) is 12.1 Å². The van der Waals surface area contributed by atoms with Crippen LogP contribution in [-0.4, -0.2) is 5.88 Å². The minimum absolute atomic E-state index is 0.332. The molecule has 0 aliphatic carbocycles. The summed E-state index contributed by atoms with van der Waals surface area (Å²) in [5, 5.41) is 8.75. The van der Waals surface area contributed by atoms with Crippen LogP contribution in [0.4, 0.5) is 0 Å². The maximum absolute atomic E-state index is 8.75. The molecule has 0 aromatic heterocycles. The number of aryl methyl sites for hydroxylation is 2. The topological polar surface area (TPSA) is 23.8 Å². The van der Waals surface area contributed by atoms with Crippen LogP contribution in [0.25, 0.3) is 0 Å². The summed E-state index contributed by atoms with van der Waals surface area (Å²) in [5.41, 5.74) is 3.71. The zero-order valence-corrected chi connectivity index (χ0v) is 8.94. The highest BCUT2D eigenvalue weighted by atomic mass is 35.5. The summed E-state index contributed by atoms with van der Waals surface area (Å²) >= 11 is 5.49. The molecule has 1 rings (SSSR count). The van der Waals surface area contributed by atoms with Crippen molar-refractivity contribution in [3.8, 4) is 17.9 Å². The number of rotatable bonds is 0. The fourth-order valence-electron chi connectivity index (χ4n) is 1.35. The predicted molar refractivity (Wildman–Crippen MR) is 58.2 cm³/mol. The molecule has 0 saturated heterocycles. The number of hydrogen-bond donors (Lipinski definition) is 0. The molecule has 1 aromatic carbocycles. The quantitative estimate of drug-likeness (QED) is 0.470. The van der Waals surface area contributed by atoms with Gasteiger partial charge in [-0.15, -0.1) is 11.6 Å². The Morgan fingerprint density at radius 1 is 1.29 bits per heavy atom. The molecule has 2 heteroatoms. The first-order valence-electron chi connectivity index (χ1n) is 4.25. The molecule has 0 bridgehead atoms. The van der Waals surface area contributed by atoms with Crippen molar-refractivity contribution in [2.24, 2.45) is 0 Å². The van der Waals surface area contributed by atoms with E-state index in [-0.39, 0.29) is 0 Å². The molecule has 0 radical (unpaired) electrons. The molecule has 0 aliphatic heterocycles. The standard InChI is InChI=1S/C12H10ClN/c1-9-6-11(8-14)7-10(2)12(9)4-3-5-13/h6-7H,5H2,1-2H3. The highest BCUT2D eigenvalue weighted by molar-refractivity contribution is 6.19. The molecule has 0 unspecified atom stereocenters. The first kappa shape index (κ1) is 10.6. The molecular weight excluding hydrogens is 194 g/mol. The van der Waals surface area contributed by atoms with Crippen molar-refractivity contribution in [3.05, 3.63) is 34.4 Å². The average Bonchev–Trinajstić information content (AvgIpc) is 2.16. The molecule has 0 saturated carbocycles. The van der Waals surface area contributed by atoms with Gasteiger partial charge >= 0.3 is 0 Å². The van der Waals surface area contributed by atoms with E-state index in [1.54, 1.807) is 0 Å². The summed E-state index contributed by atoms with van der Waals surface area (Å²) in [6, 6.07) is 5.79. The maximum atomic E-state index is 8.75. The second kappa shape index (κ2) is 4.70. The second-order valence-electron chi connectivity index (χ2n) is 3.03. The lowest BCUT2D eigenvalue weighted by Gasteiger charge is -2.03. The highest BCUT2D eigenvalue weighted by Gasteiger charge is 2.01. The lowest BCUT2D eigenvalue weighted by Crippen LogP contribution is -1.90. The molecule has 0 N–H and O–H groups in total. The van der Waals surface area contributed by atoms with Gasteiger partial charge in [-0.3, -0.25) is 0 Å². The van der Waals surface area contributed by atoms with Crippen LogP contribution in [0.2, 0.25) is 0 Å². The van der Waals surface area contributed by atoms with E-state index in [4.69, 9.17) is 16.9 Å². The minimum atomic E-state index is 0.332. The number of halogens is 1. The van der Waals surface area contributed by atoms with Crippen molar-refractivity contribution in [1.29, 1.82) is 5.26 Å². The van der Waals surface area contributed by atoms with Crippen molar-refractivity contribution in [3.63, 3.8) is 0 Å². The van der Waals surface area contributed by atoms with E-state index in [1.807, 2.05) is 26.0 Å². The molecule has 14 heavy (non-hydrogen) atoms. The Kier molecular flexibility index (Phi) is 3.57.